The summed E-state index contributed by atoms with van der Waals surface area (Å²) in [6.45, 7) is 3.58. The highest BCUT2D eigenvalue weighted by Crippen LogP contribution is 2.34. The average molecular weight is 511 g/mol. The predicted molar refractivity (Wildman–Crippen MR) is 138 cm³/mol. The summed E-state index contributed by atoms with van der Waals surface area (Å²) in [5.74, 6) is 5.81. The van der Waals surface area contributed by atoms with Crippen molar-refractivity contribution in [2.24, 2.45) is 5.73 Å². The number of rotatable bonds is 6. The summed E-state index contributed by atoms with van der Waals surface area (Å²) < 4.78 is 38.3. The quantitative estimate of drug-likeness (QED) is 0.299. The molecule has 2 aromatic carbocycles. The first-order valence-corrected chi connectivity index (χ1v) is 12.1. The van der Waals surface area contributed by atoms with Crippen LogP contribution in [-0.2, 0) is 12.6 Å². The molecule has 0 aliphatic carbocycles. The highest BCUT2D eigenvalue weighted by molar-refractivity contribution is 7.19. The zero-order chi connectivity index (χ0) is 25.9. The Morgan fingerprint density at radius 3 is 2.53 bits per heavy atom. The molecule has 36 heavy (non-hydrogen) atoms. The number of thiazole rings is 1. The van der Waals surface area contributed by atoms with Crippen molar-refractivity contribution in [2.45, 2.75) is 38.1 Å². The van der Waals surface area contributed by atoms with E-state index < -0.39 is 17.3 Å². The molecule has 2 aromatic heterocycles. The van der Waals surface area contributed by atoms with Gasteiger partial charge in [-0.3, -0.25) is 4.98 Å². The second-order valence-electron chi connectivity index (χ2n) is 8.98. The lowest BCUT2D eigenvalue weighted by Gasteiger charge is -2.13. The number of hydrogen-bond donors (Lipinski definition) is 3. The second kappa shape index (κ2) is 10.3. The number of hydrogen-bond acceptors (Lipinski definition) is 6. The minimum atomic E-state index is -4.36. The first-order chi connectivity index (χ1) is 17.0. The molecule has 0 spiro atoms. The maximum atomic E-state index is 12.8. The Hall–Kier alpha value is -3.45. The van der Waals surface area contributed by atoms with Crippen molar-refractivity contribution < 1.29 is 18.3 Å². The Labute approximate surface area is 211 Å². The number of nitrogens with one attached hydrogen (secondary N) is 1. The molecule has 0 bridgehead atoms. The van der Waals surface area contributed by atoms with Gasteiger partial charge in [-0.2, -0.15) is 13.2 Å². The van der Waals surface area contributed by atoms with Crippen molar-refractivity contribution in [2.75, 3.05) is 11.9 Å². The van der Waals surface area contributed by atoms with E-state index in [4.69, 9.17) is 5.73 Å². The molecule has 0 amide bonds. The van der Waals surface area contributed by atoms with Gasteiger partial charge in [0.2, 0.25) is 0 Å². The van der Waals surface area contributed by atoms with Crippen molar-refractivity contribution in [1.29, 1.82) is 0 Å². The molecule has 2 heterocycles. The monoisotopic (exact) mass is 510 g/mol. The number of nitrogens with zero attached hydrogens (tertiary/aromatic N) is 2. The van der Waals surface area contributed by atoms with Gasteiger partial charge in [0, 0.05) is 30.4 Å². The number of alkyl halides is 3. The third-order valence-corrected chi connectivity index (χ3v) is 6.37. The average Bonchev–Trinajstić information content (AvgIpc) is 3.24. The Kier molecular flexibility index (Phi) is 7.31. The van der Waals surface area contributed by atoms with Crippen LogP contribution in [0.5, 0.6) is 0 Å². The van der Waals surface area contributed by atoms with Crippen molar-refractivity contribution in [3.8, 4) is 22.3 Å². The van der Waals surface area contributed by atoms with Crippen LogP contribution in [-0.4, -0.2) is 33.3 Å². The van der Waals surface area contributed by atoms with Crippen LogP contribution in [0.2, 0.25) is 0 Å². The molecule has 186 valence electrons. The Balaban J connectivity index is 1.52. The lowest BCUT2D eigenvalue weighted by atomic mass is 10.0. The number of pyridine rings is 1. The molecule has 4 aromatic rings. The summed E-state index contributed by atoms with van der Waals surface area (Å²) in [5, 5.41) is 16.0. The smallest absolute Gasteiger partial charge is 0.378 e. The molecule has 9 heteroatoms. The molecular weight excluding hydrogens is 485 g/mol. The van der Waals surface area contributed by atoms with Gasteiger partial charge in [-0.1, -0.05) is 41.5 Å². The van der Waals surface area contributed by atoms with Gasteiger partial charge in [0.05, 0.1) is 10.4 Å². The Morgan fingerprint density at radius 1 is 1.08 bits per heavy atom. The summed E-state index contributed by atoms with van der Waals surface area (Å²) >= 11 is 1.42. The molecule has 0 fully saturated rings. The van der Waals surface area contributed by atoms with Crippen LogP contribution in [0.3, 0.4) is 0 Å². The lowest BCUT2D eigenvalue weighted by molar-refractivity contribution is -0.137. The fourth-order valence-corrected chi connectivity index (χ4v) is 4.46. The zero-order valence-corrected chi connectivity index (χ0v) is 20.5. The largest absolute Gasteiger partial charge is 0.416 e. The predicted octanol–water partition coefficient (Wildman–Crippen LogP) is 5.48. The normalized spacial score (nSPS) is 12.8. The van der Waals surface area contributed by atoms with Gasteiger partial charge < -0.3 is 16.2 Å². The number of halogens is 3. The van der Waals surface area contributed by atoms with Crippen LogP contribution in [0.4, 0.5) is 18.3 Å². The van der Waals surface area contributed by atoms with Crippen LogP contribution in [0, 0.1) is 11.8 Å². The van der Waals surface area contributed by atoms with Gasteiger partial charge in [0.15, 0.2) is 5.13 Å². The number of fused-ring (bicyclic) bond motifs is 1. The summed E-state index contributed by atoms with van der Waals surface area (Å²) in [4.78, 5) is 9.62. The first kappa shape index (κ1) is 25.6. The van der Waals surface area contributed by atoms with E-state index in [2.05, 4.69) is 27.1 Å². The molecule has 5 nitrogen and oxygen atoms in total. The molecule has 1 atom stereocenters. The molecule has 4 N–H and O–H groups in total. The van der Waals surface area contributed by atoms with Crippen molar-refractivity contribution in [3.63, 3.8) is 0 Å². The fraction of sp³-hybridized carbons (Fsp3) is 0.259. The molecule has 0 radical (unpaired) electrons. The fourth-order valence-electron chi connectivity index (χ4n) is 3.54. The molecule has 0 aliphatic rings. The van der Waals surface area contributed by atoms with Crippen LogP contribution < -0.4 is 11.1 Å². The molecule has 0 aliphatic heterocycles. The van der Waals surface area contributed by atoms with Crippen LogP contribution >= 0.6 is 11.3 Å². The minimum absolute atomic E-state index is 0.340. The summed E-state index contributed by atoms with van der Waals surface area (Å²) in [5.41, 5.74) is 6.58. The molecular formula is C27H25F3N4OS. The number of anilines is 1. The number of benzene rings is 2. The standard InChI is InChI=1S/C27H25F3N4OS/c1-26(2,35)11-9-23-24(19-5-6-20-15-32-12-10-18(20)14-19)36-25(34-23)33-16-22(31)13-17-3-7-21(8-4-17)27(28,29)30/h3-8,10,12,14-15,22,35H,13,16,31H2,1-2H3,(H,33,34). The summed E-state index contributed by atoms with van der Waals surface area (Å²) in [6, 6.07) is 12.6. The van der Waals surface area contributed by atoms with E-state index in [1.807, 2.05) is 24.3 Å². The third-order valence-electron chi connectivity index (χ3n) is 5.31. The number of aliphatic hydroxyl groups is 1. The van der Waals surface area contributed by atoms with Crippen molar-refractivity contribution >= 4 is 27.2 Å². The minimum Gasteiger partial charge on any atom is -0.378 e. The van der Waals surface area contributed by atoms with E-state index in [0.29, 0.717) is 23.8 Å². The maximum Gasteiger partial charge on any atom is 0.416 e. The van der Waals surface area contributed by atoms with Gasteiger partial charge >= 0.3 is 6.18 Å². The number of aromatic nitrogens is 2. The van der Waals surface area contributed by atoms with E-state index in [1.54, 1.807) is 26.2 Å². The maximum absolute atomic E-state index is 12.8. The molecule has 1 unspecified atom stereocenters. The lowest BCUT2D eigenvalue weighted by Crippen LogP contribution is -2.31. The van der Waals surface area contributed by atoms with E-state index in [0.717, 1.165) is 38.9 Å². The van der Waals surface area contributed by atoms with Crippen molar-refractivity contribution in [1.82, 2.24) is 9.97 Å². The van der Waals surface area contributed by atoms with E-state index >= 15 is 0 Å². The van der Waals surface area contributed by atoms with Gasteiger partial charge in [-0.05, 0) is 67.0 Å². The van der Waals surface area contributed by atoms with Crippen LogP contribution in [0.25, 0.3) is 21.2 Å². The molecule has 4 rings (SSSR count). The van der Waals surface area contributed by atoms with Gasteiger partial charge in [-0.15, -0.1) is 0 Å². The third kappa shape index (κ3) is 6.61. The van der Waals surface area contributed by atoms with E-state index in [-0.39, 0.29) is 6.04 Å². The molecule has 0 saturated heterocycles. The second-order valence-corrected chi connectivity index (χ2v) is 9.98. The van der Waals surface area contributed by atoms with E-state index in [9.17, 15) is 18.3 Å². The first-order valence-electron chi connectivity index (χ1n) is 11.2. The Bertz CT molecular complexity index is 1410. The highest BCUT2D eigenvalue weighted by atomic mass is 32.1. The topological polar surface area (TPSA) is 84.1 Å². The zero-order valence-electron chi connectivity index (χ0n) is 19.7. The highest BCUT2D eigenvalue weighted by Gasteiger charge is 2.30. The Morgan fingerprint density at radius 2 is 1.83 bits per heavy atom. The van der Waals surface area contributed by atoms with Gasteiger partial charge in [0.25, 0.3) is 0 Å². The van der Waals surface area contributed by atoms with Crippen LogP contribution in [0.1, 0.15) is 30.7 Å². The van der Waals surface area contributed by atoms with E-state index in [1.165, 1.54) is 23.5 Å². The molecule has 0 saturated carbocycles. The summed E-state index contributed by atoms with van der Waals surface area (Å²) in [6.07, 6.45) is -0.420. The van der Waals surface area contributed by atoms with Crippen LogP contribution in [0.15, 0.2) is 60.9 Å². The van der Waals surface area contributed by atoms with Gasteiger partial charge in [0.1, 0.15) is 11.3 Å². The SMILES string of the molecule is CC(C)(O)C#Cc1nc(NCC(N)Cc2ccc(C(F)(F)F)cc2)sc1-c1ccc2cnccc2c1. The number of nitrogens with two attached hydrogens (primary N) is 1. The van der Waals surface area contributed by atoms with Gasteiger partial charge in [-0.25, -0.2) is 4.98 Å². The summed E-state index contributed by atoms with van der Waals surface area (Å²) in [7, 11) is 0. The van der Waals surface area contributed by atoms with Crippen molar-refractivity contribution in [3.05, 3.63) is 77.7 Å².